The molecular formula is C27H24N6O. The van der Waals surface area contributed by atoms with Gasteiger partial charge in [-0.1, -0.05) is 48.0 Å². The van der Waals surface area contributed by atoms with Crippen LogP contribution in [0.5, 0.6) is 0 Å². The van der Waals surface area contributed by atoms with Crippen molar-refractivity contribution < 1.29 is 4.79 Å². The number of benzene rings is 3. The standard InChI is InChI=1S/C27H24N6O/c1-16-8-11-19(12-9-16)15-29-33-25(28)23(27(34)30-20-13-10-17(2)18(3)14-20)24-26(33)32-22-7-5-4-6-21(22)31-24/h4-15H,28H2,1-3H3,(H,30,34). The molecule has 0 unspecified atom stereocenters. The van der Waals surface area contributed by atoms with Crippen LogP contribution in [0.25, 0.3) is 22.2 Å². The molecule has 5 rings (SSSR count). The van der Waals surface area contributed by atoms with Crippen molar-refractivity contribution in [2.45, 2.75) is 20.8 Å². The van der Waals surface area contributed by atoms with E-state index in [9.17, 15) is 4.79 Å². The lowest BCUT2D eigenvalue weighted by Crippen LogP contribution is -2.14. The molecule has 2 heterocycles. The number of aromatic nitrogens is 3. The van der Waals surface area contributed by atoms with E-state index in [2.05, 4.69) is 10.4 Å². The summed E-state index contributed by atoms with van der Waals surface area (Å²) >= 11 is 0. The summed E-state index contributed by atoms with van der Waals surface area (Å²) in [6, 6.07) is 21.2. The number of hydrogen-bond acceptors (Lipinski definition) is 5. The number of nitrogen functional groups attached to an aromatic ring is 1. The Bertz CT molecular complexity index is 1580. The molecule has 34 heavy (non-hydrogen) atoms. The first-order valence-corrected chi connectivity index (χ1v) is 11.0. The summed E-state index contributed by atoms with van der Waals surface area (Å²) in [6.45, 7) is 6.06. The summed E-state index contributed by atoms with van der Waals surface area (Å²) in [5.41, 5.74) is 13.9. The Morgan fingerprint density at radius 1 is 0.941 bits per heavy atom. The topological polar surface area (TPSA) is 98.2 Å². The fraction of sp³-hybridized carbons (Fsp3) is 0.111. The van der Waals surface area contributed by atoms with E-state index in [4.69, 9.17) is 15.7 Å². The third-order valence-corrected chi connectivity index (χ3v) is 5.87. The van der Waals surface area contributed by atoms with Crippen LogP contribution in [0.1, 0.15) is 32.6 Å². The maximum atomic E-state index is 13.4. The molecule has 0 saturated carbocycles. The zero-order valence-corrected chi connectivity index (χ0v) is 19.2. The summed E-state index contributed by atoms with van der Waals surface area (Å²) in [6.07, 6.45) is 1.69. The smallest absolute Gasteiger partial charge is 0.261 e. The quantitative estimate of drug-likeness (QED) is 0.368. The summed E-state index contributed by atoms with van der Waals surface area (Å²) in [4.78, 5) is 22.8. The molecule has 0 spiro atoms. The lowest BCUT2D eigenvalue weighted by molar-refractivity contribution is 0.102. The molecule has 0 aliphatic rings. The third kappa shape index (κ3) is 3.88. The molecule has 0 atom stereocenters. The Hall–Kier alpha value is -4.52. The van der Waals surface area contributed by atoms with Crippen molar-refractivity contribution in [3.8, 4) is 0 Å². The van der Waals surface area contributed by atoms with E-state index in [0.29, 0.717) is 27.9 Å². The predicted octanol–water partition coefficient (Wildman–Crippen LogP) is 5.23. The highest BCUT2D eigenvalue weighted by Crippen LogP contribution is 2.29. The van der Waals surface area contributed by atoms with Crippen LogP contribution < -0.4 is 11.1 Å². The van der Waals surface area contributed by atoms with Gasteiger partial charge in [0.05, 0.1) is 17.2 Å². The van der Waals surface area contributed by atoms with Crippen LogP contribution in [0.2, 0.25) is 0 Å². The maximum Gasteiger partial charge on any atom is 0.261 e. The fourth-order valence-corrected chi connectivity index (χ4v) is 3.78. The minimum Gasteiger partial charge on any atom is -0.383 e. The molecule has 3 N–H and O–H groups in total. The monoisotopic (exact) mass is 448 g/mol. The van der Waals surface area contributed by atoms with E-state index in [-0.39, 0.29) is 17.3 Å². The van der Waals surface area contributed by atoms with Crippen LogP contribution in [-0.4, -0.2) is 26.8 Å². The van der Waals surface area contributed by atoms with Gasteiger partial charge >= 0.3 is 0 Å². The van der Waals surface area contributed by atoms with Crippen LogP contribution in [-0.2, 0) is 0 Å². The Morgan fingerprint density at radius 3 is 2.35 bits per heavy atom. The molecule has 0 bridgehead atoms. The second kappa shape index (κ2) is 8.44. The average Bonchev–Trinajstić information content (AvgIpc) is 3.09. The SMILES string of the molecule is Cc1ccc(C=Nn2c(N)c(C(=O)Nc3ccc(C)c(C)c3)c3nc4ccccc4nc32)cc1. The number of anilines is 2. The van der Waals surface area contributed by atoms with Gasteiger partial charge in [0.2, 0.25) is 0 Å². The maximum absolute atomic E-state index is 13.4. The minimum atomic E-state index is -0.361. The number of fused-ring (bicyclic) bond motifs is 2. The first-order valence-electron chi connectivity index (χ1n) is 11.0. The van der Waals surface area contributed by atoms with Gasteiger partial charge in [-0.15, -0.1) is 0 Å². The molecule has 7 heteroatoms. The van der Waals surface area contributed by atoms with Gasteiger partial charge in [0.15, 0.2) is 5.65 Å². The molecule has 2 aromatic heterocycles. The molecule has 5 aromatic rings. The Labute approximate surface area is 197 Å². The van der Waals surface area contributed by atoms with Crippen LogP contribution in [0, 0.1) is 20.8 Å². The number of carbonyl (C=O) groups excluding carboxylic acids is 1. The molecule has 0 fully saturated rings. The highest BCUT2D eigenvalue weighted by molar-refractivity contribution is 6.16. The van der Waals surface area contributed by atoms with Crippen molar-refractivity contribution in [2.24, 2.45) is 5.10 Å². The number of nitrogens with two attached hydrogens (primary N) is 1. The van der Waals surface area contributed by atoms with E-state index >= 15 is 0 Å². The minimum absolute atomic E-state index is 0.176. The molecule has 1 amide bonds. The molecule has 7 nitrogen and oxygen atoms in total. The van der Waals surface area contributed by atoms with Gasteiger partial charge in [-0.2, -0.15) is 9.78 Å². The van der Waals surface area contributed by atoms with E-state index in [1.807, 2.05) is 87.5 Å². The summed E-state index contributed by atoms with van der Waals surface area (Å²) in [5, 5.41) is 7.51. The number of nitrogens with one attached hydrogen (secondary N) is 1. The summed E-state index contributed by atoms with van der Waals surface area (Å²) < 4.78 is 1.48. The average molecular weight is 449 g/mol. The molecule has 0 radical (unpaired) electrons. The molecule has 0 saturated heterocycles. The van der Waals surface area contributed by atoms with Gasteiger partial charge in [-0.3, -0.25) is 4.79 Å². The van der Waals surface area contributed by atoms with Crippen molar-refractivity contribution in [2.75, 3.05) is 11.1 Å². The highest BCUT2D eigenvalue weighted by atomic mass is 16.1. The summed E-state index contributed by atoms with van der Waals surface area (Å²) in [5.74, 6) is -0.186. The Balaban J connectivity index is 1.64. The number of rotatable bonds is 4. The lowest BCUT2D eigenvalue weighted by atomic mass is 10.1. The number of aryl methyl sites for hydroxylation is 3. The first-order chi connectivity index (χ1) is 16.4. The van der Waals surface area contributed by atoms with Gasteiger partial charge in [0.25, 0.3) is 5.91 Å². The van der Waals surface area contributed by atoms with Gasteiger partial charge < -0.3 is 11.1 Å². The second-order valence-electron chi connectivity index (χ2n) is 8.36. The predicted molar refractivity (Wildman–Crippen MR) is 137 cm³/mol. The number of amides is 1. The van der Waals surface area contributed by atoms with Crippen molar-refractivity contribution in [1.82, 2.24) is 14.6 Å². The van der Waals surface area contributed by atoms with Crippen molar-refractivity contribution in [3.05, 3.63) is 94.5 Å². The zero-order valence-electron chi connectivity index (χ0n) is 19.2. The van der Waals surface area contributed by atoms with Crippen LogP contribution in [0.3, 0.4) is 0 Å². The van der Waals surface area contributed by atoms with Crippen molar-refractivity contribution in [3.63, 3.8) is 0 Å². The van der Waals surface area contributed by atoms with E-state index in [0.717, 1.165) is 22.3 Å². The molecule has 3 aromatic carbocycles. The summed E-state index contributed by atoms with van der Waals surface area (Å²) in [7, 11) is 0. The van der Waals surface area contributed by atoms with E-state index < -0.39 is 0 Å². The van der Waals surface area contributed by atoms with Crippen LogP contribution >= 0.6 is 0 Å². The van der Waals surface area contributed by atoms with Crippen LogP contribution in [0.15, 0.2) is 71.8 Å². The van der Waals surface area contributed by atoms with Crippen molar-refractivity contribution >= 4 is 45.8 Å². The number of nitrogens with zero attached hydrogens (tertiary/aromatic N) is 4. The molecular weight excluding hydrogens is 424 g/mol. The van der Waals surface area contributed by atoms with Gasteiger partial charge in [-0.25, -0.2) is 9.97 Å². The van der Waals surface area contributed by atoms with Gasteiger partial charge in [0.1, 0.15) is 16.9 Å². The largest absolute Gasteiger partial charge is 0.383 e. The molecule has 0 aliphatic carbocycles. The highest BCUT2D eigenvalue weighted by Gasteiger charge is 2.24. The zero-order chi connectivity index (χ0) is 23.8. The Kier molecular flexibility index (Phi) is 5.30. The molecule has 0 aliphatic heterocycles. The number of para-hydroxylation sites is 2. The third-order valence-electron chi connectivity index (χ3n) is 5.87. The van der Waals surface area contributed by atoms with Crippen LogP contribution in [0.4, 0.5) is 11.5 Å². The van der Waals surface area contributed by atoms with Gasteiger partial charge in [0, 0.05) is 5.69 Å². The van der Waals surface area contributed by atoms with Gasteiger partial charge in [-0.05, 0) is 61.7 Å². The Morgan fingerprint density at radius 2 is 1.65 bits per heavy atom. The second-order valence-corrected chi connectivity index (χ2v) is 8.36. The lowest BCUT2D eigenvalue weighted by Gasteiger charge is -2.08. The first kappa shape index (κ1) is 21.3. The van der Waals surface area contributed by atoms with E-state index in [1.165, 1.54) is 4.68 Å². The number of hydrogen-bond donors (Lipinski definition) is 2. The fourth-order valence-electron chi connectivity index (χ4n) is 3.78. The number of carbonyl (C=O) groups is 1. The molecule has 168 valence electrons. The normalized spacial score (nSPS) is 11.5. The van der Waals surface area contributed by atoms with E-state index in [1.54, 1.807) is 6.21 Å². The van der Waals surface area contributed by atoms with Crippen molar-refractivity contribution in [1.29, 1.82) is 0 Å².